The fraction of sp³-hybridized carbons (Fsp3) is 0.750. The van der Waals surface area contributed by atoms with Crippen molar-refractivity contribution in [3.05, 3.63) is 0 Å². The van der Waals surface area contributed by atoms with Crippen LogP contribution in [0.15, 0.2) is 0 Å². The van der Waals surface area contributed by atoms with Gasteiger partial charge in [-0.25, -0.2) is 0 Å². The lowest BCUT2D eigenvalue weighted by molar-refractivity contribution is -0.141. The van der Waals surface area contributed by atoms with Crippen molar-refractivity contribution >= 4 is 11.9 Å². The van der Waals surface area contributed by atoms with Gasteiger partial charge in [-0.2, -0.15) is 0 Å². The molecule has 0 saturated carbocycles. The Balaban J connectivity index is 4.53. The molecule has 0 spiro atoms. The lowest BCUT2D eigenvalue weighted by atomic mass is 9.89. The number of aliphatic carboxylic acids is 1. The summed E-state index contributed by atoms with van der Waals surface area (Å²) in [5.41, 5.74) is 10.2. The summed E-state index contributed by atoms with van der Waals surface area (Å²) in [5.74, 6) is -2.74. The van der Waals surface area contributed by atoms with Gasteiger partial charge in [-0.05, 0) is 6.42 Å². The van der Waals surface area contributed by atoms with Gasteiger partial charge in [0.2, 0.25) is 5.91 Å². The van der Waals surface area contributed by atoms with Crippen LogP contribution in [-0.4, -0.2) is 34.2 Å². The molecule has 0 aliphatic carbocycles. The number of carboxylic acids is 1. The highest BCUT2D eigenvalue weighted by atomic mass is 16.4. The van der Waals surface area contributed by atoms with Crippen molar-refractivity contribution in [1.29, 1.82) is 0 Å². The van der Waals surface area contributed by atoms with Gasteiger partial charge >= 0.3 is 5.97 Å². The summed E-state index contributed by atoms with van der Waals surface area (Å²) in [7, 11) is 0. The summed E-state index contributed by atoms with van der Waals surface area (Å²) >= 11 is 0. The van der Waals surface area contributed by atoms with Gasteiger partial charge in [-0.3, -0.25) is 9.59 Å². The van der Waals surface area contributed by atoms with Crippen LogP contribution in [0.1, 0.15) is 19.8 Å². The third-order valence-corrected chi connectivity index (χ3v) is 2.10. The quantitative estimate of drug-likeness (QED) is 0.426. The Morgan fingerprint density at radius 1 is 1.43 bits per heavy atom. The third kappa shape index (κ3) is 3.71. The van der Waals surface area contributed by atoms with Crippen molar-refractivity contribution in [2.24, 2.45) is 17.4 Å². The lowest BCUT2D eigenvalue weighted by Crippen LogP contribution is -2.45. The molecule has 0 aliphatic rings. The van der Waals surface area contributed by atoms with Gasteiger partial charge in [-0.1, -0.05) is 6.92 Å². The van der Waals surface area contributed by atoms with E-state index in [1.165, 1.54) is 0 Å². The van der Waals surface area contributed by atoms with E-state index in [0.29, 0.717) is 6.42 Å². The largest absolute Gasteiger partial charge is 0.480 e. The van der Waals surface area contributed by atoms with E-state index in [0.717, 1.165) is 0 Å². The first-order valence-electron chi connectivity index (χ1n) is 4.34. The van der Waals surface area contributed by atoms with Crippen LogP contribution in [0.3, 0.4) is 0 Å². The molecule has 0 heterocycles. The maximum atomic E-state index is 10.6. The van der Waals surface area contributed by atoms with Gasteiger partial charge in [0.15, 0.2) is 0 Å². The molecule has 0 rings (SSSR count). The molecule has 6 heteroatoms. The van der Waals surface area contributed by atoms with E-state index in [2.05, 4.69) is 0 Å². The maximum absolute atomic E-state index is 10.6. The Morgan fingerprint density at radius 2 is 1.93 bits per heavy atom. The zero-order valence-electron chi connectivity index (χ0n) is 8.01. The molecule has 2 unspecified atom stereocenters. The van der Waals surface area contributed by atoms with Gasteiger partial charge in [-0.15, -0.1) is 0 Å². The van der Waals surface area contributed by atoms with E-state index >= 15 is 0 Å². The van der Waals surface area contributed by atoms with Crippen LogP contribution < -0.4 is 11.5 Å². The van der Waals surface area contributed by atoms with Gasteiger partial charge in [0, 0.05) is 12.3 Å². The lowest BCUT2D eigenvalue weighted by Gasteiger charge is -2.23. The van der Waals surface area contributed by atoms with Gasteiger partial charge in [0.25, 0.3) is 0 Å². The summed E-state index contributed by atoms with van der Waals surface area (Å²) in [6.07, 6.45) is -0.810. The molecule has 82 valence electrons. The van der Waals surface area contributed by atoms with Gasteiger partial charge in [0.05, 0.1) is 6.10 Å². The van der Waals surface area contributed by atoms with Crippen LogP contribution in [0.25, 0.3) is 0 Å². The molecule has 0 fully saturated rings. The summed E-state index contributed by atoms with van der Waals surface area (Å²) < 4.78 is 0. The number of hydrogen-bond acceptors (Lipinski definition) is 4. The van der Waals surface area contributed by atoms with Crippen LogP contribution in [0.2, 0.25) is 0 Å². The number of aliphatic hydroxyl groups excluding tert-OH is 1. The second kappa shape index (κ2) is 5.56. The highest BCUT2D eigenvalue weighted by Gasteiger charge is 2.30. The second-order valence-corrected chi connectivity index (χ2v) is 3.17. The van der Waals surface area contributed by atoms with Crippen LogP contribution >= 0.6 is 0 Å². The fourth-order valence-electron chi connectivity index (χ4n) is 1.22. The first kappa shape index (κ1) is 12.9. The van der Waals surface area contributed by atoms with Crippen molar-refractivity contribution in [1.82, 2.24) is 0 Å². The van der Waals surface area contributed by atoms with Crippen molar-refractivity contribution in [2.75, 3.05) is 0 Å². The van der Waals surface area contributed by atoms with Crippen molar-refractivity contribution in [3.63, 3.8) is 0 Å². The molecule has 0 aromatic heterocycles. The van der Waals surface area contributed by atoms with E-state index in [9.17, 15) is 14.7 Å². The molecule has 6 N–H and O–H groups in total. The van der Waals surface area contributed by atoms with Crippen molar-refractivity contribution in [2.45, 2.75) is 31.9 Å². The minimum atomic E-state index is -1.27. The van der Waals surface area contributed by atoms with Crippen molar-refractivity contribution in [3.8, 4) is 0 Å². The molecule has 0 aromatic carbocycles. The number of amides is 1. The minimum absolute atomic E-state index is 0.220. The van der Waals surface area contributed by atoms with E-state index in [1.54, 1.807) is 6.92 Å². The number of aliphatic hydroxyl groups is 1. The van der Waals surface area contributed by atoms with Gasteiger partial charge < -0.3 is 21.7 Å². The minimum Gasteiger partial charge on any atom is -0.480 e. The predicted molar refractivity (Wildman–Crippen MR) is 49.2 cm³/mol. The Morgan fingerprint density at radius 3 is 2.21 bits per heavy atom. The summed E-state index contributed by atoms with van der Waals surface area (Å²) in [6, 6.07) is -1.27. The summed E-state index contributed by atoms with van der Waals surface area (Å²) in [6.45, 7) is 1.67. The topological polar surface area (TPSA) is 127 Å². The molecule has 1 amide bonds. The third-order valence-electron chi connectivity index (χ3n) is 2.10. The Labute approximate surface area is 81.9 Å². The molecular formula is C8H16N2O4. The predicted octanol–water partition coefficient (Wildman–Crippen LogP) is -1.34. The highest BCUT2D eigenvalue weighted by molar-refractivity contribution is 5.77. The standard InChI is InChI=1S/C8H16N2O4/c1-2-5(11)4(3-6(9)12)7(10)8(13)14/h4-5,7,11H,2-3,10H2,1H3,(H2,9,12)(H,13,14)/t4?,5?,7-/m0/s1. The van der Waals surface area contributed by atoms with E-state index < -0.39 is 29.9 Å². The second-order valence-electron chi connectivity index (χ2n) is 3.17. The van der Waals surface area contributed by atoms with Crippen LogP contribution in [0.4, 0.5) is 0 Å². The number of carbonyl (C=O) groups is 2. The van der Waals surface area contributed by atoms with Crippen LogP contribution in [-0.2, 0) is 9.59 Å². The number of rotatable bonds is 6. The molecule has 6 nitrogen and oxygen atoms in total. The SMILES string of the molecule is CCC(O)C(CC(N)=O)[C@H](N)C(=O)O. The number of primary amides is 1. The first-order chi connectivity index (χ1) is 6.40. The molecule has 0 radical (unpaired) electrons. The van der Waals surface area contributed by atoms with E-state index in [4.69, 9.17) is 16.6 Å². The highest BCUT2D eigenvalue weighted by Crippen LogP contribution is 2.15. The van der Waals surface area contributed by atoms with Crippen LogP contribution in [0.5, 0.6) is 0 Å². The van der Waals surface area contributed by atoms with E-state index in [-0.39, 0.29) is 6.42 Å². The number of carboxylic acid groups (broad SMARTS) is 1. The molecular weight excluding hydrogens is 188 g/mol. The molecule has 0 aliphatic heterocycles. The Bertz CT molecular complexity index is 219. The number of nitrogens with two attached hydrogens (primary N) is 2. The summed E-state index contributed by atoms with van der Waals surface area (Å²) in [4.78, 5) is 21.2. The Kier molecular flexibility index (Phi) is 5.11. The monoisotopic (exact) mass is 204 g/mol. The molecule has 3 atom stereocenters. The molecule has 0 bridgehead atoms. The van der Waals surface area contributed by atoms with Crippen molar-refractivity contribution < 1.29 is 19.8 Å². The van der Waals surface area contributed by atoms with Gasteiger partial charge in [0.1, 0.15) is 6.04 Å². The molecule has 0 aromatic rings. The zero-order chi connectivity index (χ0) is 11.3. The summed E-state index contributed by atoms with van der Waals surface area (Å²) in [5, 5.41) is 18.1. The number of hydrogen-bond donors (Lipinski definition) is 4. The Hall–Kier alpha value is -1.14. The maximum Gasteiger partial charge on any atom is 0.320 e. The normalized spacial score (nSPS) is 17.1. The zero-order valence-corrected chi connectivity index (χ0v) is 8.01. The number of carbonyl (C=O) groups excluding carboxylic acids is 1. The first-order valence-corrected chi connectivity index (χ1v) is 4.34. The average molecular weight is 204 g/mol. The average Bonchev–Trinajstić information content (AvgIpc) is 2.11. The van der Waals surface area contributed by atoms with Crippen LogP contribution in [0, 0.1) is 5.92 Å². The molecule has 0 saturated heterocycles. The smallest absolute Gasteiger partial charge is 0.320 e. The molecule has 14 heavy (non-hydrogen) atoms. The fourth-order valence-corrected chi connectivity index (χ4v) is 1.22. The van der Waals surface area contributed by atoms with E-state index in [1.807, 2.05) is 0 Å².